The zero-order valence-electron chi connectivity index (χ0n) is 24.1. The van der Waals surface area contributed by atoms with Crippen molar-refractivity contribution in [2.75, 3.05) is 49.8 Å². The van der Waals surface area contributed by atoms with Gasteiger partial charge in [0.05, 0.1) is 41.6 Å². The molecule has 3 heterocycles. The molecule has 2 N–H and O–H groups in total. The largest absolute Gasteiger partial charge is 0.494 e. The Morgan fingerprint density at radius 2 is 2.05 bits per heavy atom. The van der Waals surface area contributed by atoms with Gasteiger partial charge in [-0.3, -0.25) is 4.79 Å². The molecule has 42 heavy (non-hydrogen) atoms. The molecule has 0 radical (unpaired) electrons. The lowest BCUT2D eigenvalue weighted by Crippen LogP contribution is -2.53. The molecule has 10 nitrogen and oxygen atoms in total. The third-order valence-corrected chi connectivity index (χ3v) is 7.88. The van der Waals surface area contributed by atoms with Crippen LogP contribution in [0.5, 0.6) is 5.75 Å². The standard InChI is InChI=1S/C32H34N8O2/c1-5-30(41)35-25-14-26(29(42-4)15-28(25)39-13-12-22(39)18-38(2)3)36-32-34-17-20(16-33)31(37-32)24-19-40(21-10-11-21)27-9-7-6-8-23(24)27/h5-9,14-15,17,19,21-22H,1,10-13,18H2,2-4H3,(H,35,41)(H,34,36,37). The maximum Gasteiger partial charge on any atom is 0.247 e. The zero-order valence-corrected chi connectivity index (χ0v) is 24.1. The summed E-state index contributed by atoms with van der Waals surface area (Å²) in [6.45, 7) is 5.39. The van der Waals surface area contributed by atoms with Crippen LogP contribution < -0.4 is 20.3 Å². The first-order valence-corrected chi connectivity index (χ1v) is 14.1. The van der Waals surface area contributed by atoms with Gasteiger partial charge in [-0.2, -0.15) is 5.26 Å². The van der Waals surface area contributed by atoms with Gasteiger partial charge in [-0.05, 0) is 51.6 Å². The number of rotatable bonds is 10. The van der Waals surface area contributed by atoms with E-state index in [1.165, 1.54) is 6.08 Å². The number of nitrogens with one attached hydrogen (secondary N) is 2. The molecule has 10 heteroatoms. The predicted molar refractivity (Wildman–Crippen MR) is 165 cm³/mol. The zero-order chi connectivity index (χ0) is 29.4. The van der Waals surface area contributed by atoms with Crippen LogP contribution in [0.2, 0.25) is 0 Å². The highest BCUT2D eigenvalue weighted by Crippen LogP contribution is 2.43. The summed E-state index contributed by atoms with van der Waals surface area (Å²) in [6.07, 6.45) is 8.25. The molecule has 1 saturated carbocycles. The summed E-state index contributed by atoms with van der Waals surface area (Å²) < 4.78 is 8.08. The Balaban J connectivity index is 1.39. The van der Waals surface area contributed by atoms with Crippen molar-refractivity contribution in [3.8, 4) is 23.1 Å². The first kappa shape index (κ1) is 27.3. The number of aromatic nitrogens is 3. The molecule has 1 saturated heterocycles. The third-order valence-electron chi connectivity index (χ3n) is 7.88. The maximum absolute atomic E-state index is 12.4. The van der Waals surface area contributed by atoms with Gasteiger partial charge in [0.25, 0.3) is 0 Å². The normalized spacial score (nSPS) is 16.2. The minimum Gasteiger partial charge on any atom is -0.494 e. The lowest BCUT2D eigenvalue weighted by atomic mass is 10.00. The van der Waals surface area contributed by atoms with Gasteiger partial charge in [-0.25, -0.2) is 9.97 Å². The second-order valence-electron chi connectivity index (χ2n) is 11.1. The van der Waals surface area contributed by atoms with E-state index in [2.05, 4.69) is 75.1 Å². The van der Waals surface area contributed by atoms with E-state index >= 15 is 0 Å². The molecule has 4 aromatic rings. The fourth-order valence-electron chi connectivity index (χ4n) is 5.62. The Bertz CT molecular complexity index is 1720. The Kier molecular flexibility index (Phi) is 7.27. The average Bonchev–Trinajstić information content (AvgIpc) is 3.76. The smallest absolute Gasteiger partial charge is 0.247 e. The number of likely N-dealkylation sites (N-methyl/N-ethyl adjacent to an activating group) is 1. The number of carbonyl (C=O) groups is 1. The molecule has 1 aliphatic carbocycles. The highest BCUT2D eigenvalue weighted by molar-refractivity contribution is 6.02. The number of anilines is 4. The first-order chi connectivity index (χ1) is 20.4. The molecule has 6 rings (SSSR count). The predicted octanol–water partition coefficient (Wildman–Crippen LogP) is 5.32. The minimum absolute atomic E-state index is 0.305. The van der Waals surface area contributed by atoms with Gasteiger partial charge in [0.1, 0.15) is 11.8 Å². The van der Waals surface area contributed by atoms with E-state index in [-0.39, 0.29) is 5.91 Å². The highest BCUT2D eigenvalue weighted by Gasteiger charge is 2.31. The Morgan fingerprint density at radius 3 is 2.71 bits per heavy atom. The fourth-order valence-corrected chi connectivity index (χ4v) is 5.62. The molecule has 2 fully saturated rings. The van der Waals surface area contributed by atoms with E-state index in [1.807, 2.05) is 24.3 Å². The van der Waals surface area contributed by atoms with Gasteiger partial charge in [0.2, 0.25) is 11.9 Å². The Labute approximate surface area is 245 Å². The molecule has 1 amide bonds. The first-order valence-electron chi connectivity index (χ1n) is 14.1. The van der Waals surface area contributed by atoms with E-state index in [0.29, 0.717) is 46.4 Å². The number of nitrogens with zero attached hydrogens (tertiary/aromatic N) is 6. The van der Waals surface area contributed by atoms with Crippen LogP contribution in [0, 0.1) is 11.3 Å². The number of hydrogen-bond acceptors (Lipinski definition) is 8. The maximum atomic E-state index is 12.4. The molecule has 1 atom stereocenters. The minimum atomic E-state index is -0.305. The van der Waals surface area contributed by atoms with Crippen molar-refractivity contribution in [1.29, 1.82) is 5.26 Å². The van der Waals surface area contributed by atoms with Crippen molar-refractivity contribution < 1.29 is 9.53 Å². The average molecular weight is 563 g/mol. The van der Waals surface area contributed by atoms with Crippen molar-refractivity contribution in [1.82, 2.24) is 19.4 Å². The van der Waals surface area contributed by atoms with Crippen molar-refractivity contribution in [3.63, 3.8) is 0 Å². The lowest BCUT2D eigenvalue weighted by molar-refractivity contribution is -0.111. The molecule has 2 aliphatic rings. The summed E-state index contributed by atoms with van der Waals surface area (Å²) >= 11 is 0. The van der Waals surface area contributed by atoms with Crippen molar-refractivity contribution >= 4 is 39.8 Å². The SMILES string of the molecule is C=CC(=O)Nc1cc(Nc2ncc(C#N)c(-c3cn(C4CC4)c4ccccc34)n2)c(OC)cc1N1CCC1CN(C)C. The number of methoxy groups -OCH3 is 1. The molecule has 1 unspecified atom stereocenters. The van der Waals surface area contributed by atoms with Crippen LogP contribution in [0.1, 0.15) is 30.9 Å². The van der Waals surface area contributed by atoms with Gasteiger partial charge in [-0.15, -0.1) is 0 Å². The van der Waals surface area contributed by atoms with E-state index < -0.39 is 0 Å². The molecule has 2 aromatic heterocycles. The van der Waals surface area contributed by atoms with Crippen LogP contribution in [-0.4, -0.2) is 65.7 Å². The number of amides is 1. The molecular formula is C32H34N8O2. The molecule has 214 valence electrons. The lowest BCUT2D eigenvalue weighted by Gasteiger charge is -2.45. The number of nitriles is 1. The molecular weight excluding hydrogens is 528 g/mol. The number of hydrogen-bond donors (Lipinski definition) is 2. The van der Waals surface area contributed by atoms with Crippen molar-refractivity contribution in [2.45, 2.75) is 31.3 Å². The summed E-state index contributed by atoms with van der Waals surface area (Å²) in [5.41, 5.74) is 5.07. The molecule has 2 aromatic carbocycles. The van der Waals surface area contributed by atoms with Crippen LogP contribution in [-0.2, 0) is 4.79 Å². The topological polar surface area (TPSA) is 111 Å². The summed E-state index contributed by atoms with van der Waals surface area (Å²) in [7, 11) is 5.72. The van der Waals surface area contributed by atoms with Crippen LogP contribution in [0.4, 0.5) is 23.0 Å². The van der Waals surface area contributed by atoms with Crippen LogP contribution in [0.25, 0.3) is 22.2 Å². The van der Waals surface area contributed by atoms with E-state index in [1.54, 1.807) is 13.3 Å². The number of carbonyl (C=O) groups excluding carboxylic acids is 1. The second kappa shape index (κ2) is 11.2. The van der Waals surface area contributed by atoms with Crippen molar-refractivity contribution in [3.05, 3.63) is 67.0 Å². The number of ether oxygens (including phenoxy) is 1. The molecule has 1 aliphatic heterocycles. The number of para-hydroxylation sites is 1. The number of fused-ring (bicyclic) bond motifs is 1. The molecule has 0 bridgehead atoms. The quantitative estimate of drug-likeness (QED) is 0.250. The van der Waals surface area contributed by atoms with E-state index in [4.69, 9.17) is 9.72 Å². The van der Waals surface area contributed by atoms with Crippen molar-refractivity contribution in [2.24, 2.45) is 0 Å². The number of benzene rings is 2. The van der Waals surface area contributed by atoms with Crippen LogP contribution >= 0.6 is 0 Å². The highest BCUT2D eigenvalue weighted by atomic mass is 16.5. The Morgan fingerprint density at radius 1 is 1.24 bits per heavy atom. The monoisotopic (exact) mass is 562 g/mol. The summed E-state index contributed by atoms with van der Waals surface area (Å²) in [6, 6.07) is 15.0. The second-order valence-corrected chi connectivity index (χ2v) is 11.1. The van der Waals surface area contributed by atoms with Crippen LogP contribution in [0.3, 0.4) is 0 Å². The summed E-state index contributed by atoms with van der Waals surface area (Å²) in [5.74, 6) is 0.590. The Hall–Kier alpha value is -4.88. The van der Waals surface area contributed by atoms with Gasteiger partial charge >= 0.3 is 0 Å². The van der Waals surface area contributed by atoms with Gasteiger partial charge < -0.3 is 29.7 Å². The molecule has 0 spiro atoms. The third kappa shape index (κ3) is 5.15. The summed E-state index contributed by atoms with van der Waals surface area (Å²) in [4.78, 5) is 26.1. The fraction of sp³-hybridized carbons (Fsp3) is 0.312. The summed E-state index contributed by atoms with van der Waals surface area (Å²) in [5, 5.41) is 17.2. The van der Waals surface area contributed by atoms with Gasteiger partial charge in [0.15, 0.2) is 0 Å². The van der Waals surface area contributed by atoms with Gasteiger partial charge in [-0.1, -0.05) is 24.8 Å². The van der Waals surface area contributed by atoms with E-state index in [9.17, 15) is 10.1 Å². The van der Waals surface area contributed by atoms with Gasteiger partial charge in [0, 0.05) is 53.9 Å². The van der Waals surface area contributed by atoms with Crippen LogP contribution in [0.15, 0.2) is 61.4 Å². The van der Waals surface area contributed by atoms with E-state index in [0.717, 1.165) is 54.5 Å².